The van der Waals surface area contributed by atoms with Crippen molar-refractivity contribution in [1.29, 1.82) is 0 Å². The van der Waals surface area contributed by atoms with Gasteiger partial charge in [-0.3, -0.25) is 9.59 Å². The number of ether oxygens (including phenoxy) is 2. The normalized spacial score (nSPS) is 10.4. The number of hydrogen-bond acceptors (Lipinski definition) is 6. The molecule has 0 saturated heterocycles. The van der Waals surface area contributed by atoms with Crippen LogP contribution in [0.5, 0.6) is 17.2 Å². The molecule has 26 heavy (non-hydrogen) atoms. The van der Waals surface area contributed by atoms with E-state index < -0.39 is 11.8 Å². The van der Waals surface area contributed by atoms with Crippen LogP contribution in [0.2, 0.25) is 0 Å². The van der Waals surface area contributed by atoms with Crippen LogP contribution in [0.3, 0.4) is 0 Å². The van der Waals surface area contributed by atoms with Crippen molar-refractivity contribution in [2.24, 2.45) is 5.10 Å². The highest BCUT2D eigenvalue weighted by Gasteiger charge is 2.12. The molecule has 8 heteroatoms. The summed E-state index contributed by atoms with van der Waals surface area (Å²) in [5.41, 5.74) is 3.26. The van der Waals surface area contributed by atoms with Crippen molar-refractivity contribution in [2.75, 3.05) is 20.8 Å². The van der Waals surface area contributed by atoms with Gasteiger partial charge in [0.25, 0.3) is 11.8 Å². The minimum atomic E-state index is -0.491. The van der Waals surface area contributed by atoms with E-state index in [0.29, 0.717) is 22.6 Å². The summed E-state index contributed by atoms with van der Waals surface area (Å²) in [5.74, 6) is -0.193. The van der Waals surface area contributed by atoms with Gasteiger partial charge in [-0.25, -0.2) is 5.43 Å². The third-order valence-electron chi connectivity index (χ3n) is 3.37. The van der Waals surface area contributed by atoms with Crippen LogP contribution in [-0.4, -0.2) is 43.9 Å². The summed E-state index contributed by atoms with van der Waals surface area (Å²) in [6, 6.07) is 11.3. The first kappa shape index (κ1) is 18.8. The standard InChI is InChI=1S/C18H19N3O5/c1-25-15-6-4-3-5-13(15)18(24)19-11-17(23)21-20-10-12-7-8-14(22)16(9-12)26-2/h3-10,22H,11H2,1-2H3,(H,19,24)(H,21,23). The molecule has 0 aromatic heterocycles. The largest absolute Gasteiger partial charge is 0.504 e. The summed E-state index contributed by atoms with van der Waals surface area (Å²) in [7, 11) is 2.90. The Bertz CT molecular complexity index is 820. The van der Waals surface area contributed by atoms with E-state index in [4.69, 9.17) is 9.47 Å². The minimum absolute atomic E-state index is 0.00716. The Morgan fingerprint density at radius 3 is 2.58 bits per heavy atom. The Morgan fingerprint density at radius 2 is 1.85 bits per heavy atom. The highest BCUT2D eigenvalue weighted by molar-refractivity contribution is 5.98. The minimum Gasteiger partial charge on any atom is -0.504 e. The van der Waals surface area contributed by atoms with E-state index in [1.807, 2.05) is 0 Å². The number of rotatable bonds is 7. The van der Waals surface area contributed by atoms with Crippen LogP contribution in [-0.2, 0) is 4.79 Å². The van der Waals surface area contributed by atoms with E-state index in [1.54, 1.807) is 36.4 Å². The van der Waals surface area contributed by atoms with Crippen LogP contribution in [0, 0.1) is 0 Å². The zero-order valence-corrected chi connectivity index (χ0v) is 14.4. The molecule has 8 nitrogen and oxygen atoms in total. The monoisotopic (exact) mass is 357 g/mol. The smallest absolute Gasteiger partial charge is 0.259 e. The lowest BCUT2D eigenvalue weighted by Gasteiger charge is -2.08. The zero-order valence-electron chi connectivity index (χ0n) is 14.4. The molecule has 2 rings (SSSR count). The summed E-state index contributed by atoms with van der Waals surface area (Å²) < 4.78 is 10.1. The Morgan fingerprint density at radius 1 is 1.12 bits per heavy atom. The quantitative estimate of drug-likeness (QED) is 0.511. The third-order valence-corrected chi connectivity index (χ3v) is 3.37. The van der Waals surface area contributed by atoms with Gasteiger partial charge >= 0.3 is 0 Å². The van der Waals surface area contributed by atoms with Gasteiger partial charge in [0, 0.05) is 0 Å². The summed E-state index contributed by atoms with van der Waals surface area (Å²) >= 11 is 0. The molecule has 2 aromatic rings. The molecule has 2 amide bonds. The zero-order chi connectivity index (χ0) is 18.9. The number of carbonyl (C=O) groups is 2. The Labute approximate surface area is 150 Å². The van der Waals surface area contributed by atoms with E-state index in [1.165, 1.54) is 26.5 Å². The van der Waals surface area contributed by atoms with Gasteiger partial charge in [-0.1, -0.05) is 12.1 Å². The number of methoxy groups -OCH3 is 2. The second kappa shape index (κ2) is 9.07. The molecule has 0 fully saturated rings. The molecule has 2 aromatic carbocycles. The first-order valence-electron chi connectivity index (χ1n) is 7.65. The number of phenols is 1. The number of phenolic OH excluding ortho intramolecular Hbond substituents is 1. The van der Waals surface area contributed by atoms with E-state index in [9.17, 15) is 14.7 Å². The predicted octanol–water partition coefficient (Wildman–Crippen LogP) is 1.29. The van der Waals surface area contributed by atoms with Crippen LogP contribution in [0.15, 0.2) is 47.6 Å². The fourth-order valence-corrected chi connectivity index (χ4v) is 2.08. The lowest BCUT2D eigenvalue weighted by atomic mass is 10.2. The molecule has 0 aliphatic heterocycles. The Balaban J connectivity index is 1.86. The second-order valence-corrected chi connectivity index (χ2v) is 5.11. The van der Waals surface area contributed by atoms with Gasteiger partial charge in [0.15, 0.2) is 11.5 Å². The molecule has 0 unspecified atom stereocenters. The van der Waals surface area contributed by atoms with Gasteiger partial charge < -0.3 is 19.9 Å². The van der Waals surface area contributed by atoms with Crippen molar-refractivity contribution in [3.05, 3.63) is 53.6 Å². The number of nitrogens with one attached hydrogen (secondary N) is 2. The number of para-hydroxylation sites is 1. The average molecular weight is 357 g/mol. The molecule has 0 radical (unpaired) electrons. The Kier molecular flexibility index (Phi) is 6.55. The summed E-state index contributed by atoms with van der Waals surface area (Å²) in [4.78, 5) is 23.8. The van der Waals surface area contributed by atoms with Crippen LogP contribution in [0.25, 0.3) is 0 Å². The van der Waals surface area contributed by atoms with Crippen LogP contribution >= 0.6 is 0 Å². The van der Waals surface area contributed by atoms with E-state index in [2.05, 4.69) is 15.8 Å². The Hall–Kier alpha value is -3.55. The van der Waals surface area contributed by atoms with Gasteiger partial charge in [-0.15, -0.1) is 0 Å². The van der Waals surface area contributed by atoms with Crippen molar-refractivity contribution < 1.29 is 24.2 Å². The highest BCUT2D eigenvalue weighted by Crippen LogP contribution is 2.25. The van der Waals surface area contributed by atoms with Crippen molar-refractivity contribution in [1.82, 2.24) is 10.7 Å². The summed E-state index contributed by atoms with van der Waals surface area (Å²) in [6.07, 6.45) is 1.39. The molecule has 0 heterocycles. The molecule has 136 valence electrons. The number of carbonyl (C=O) groups excluding carboxylic acids is 2. The van der Waals surface area contributed by atoms with Crippen molar-refractivity contribution in [3.63, 3.8) is 0 Å². The number of hydrazone groups is 1. The van der Waals surface area contributed by atoms with E-state index in [0.717, 1.165) is 0 Å². The molecule has 0 aliphatic rings. The van der Waals surface area contributed by atoms with Gasteiger partial charge in [0.05, 0.1) is 32.5 Å². The number of benzene rings is 2. The number of hydrogen-bond donors (Lipinski definition) is 3. The SMILES string of the molecule is COc1cc(C=NNC(=O)CNC(=O)c2ccccc2OC)ccc1O. The van der Waals surface area contributed by atoms with E-state index >= 15 is 0 Å². The summed E-state index contributed by atoms with van der Waals surface area (Å²) in [6.45, 7) is -0.243. The van der Waals surface area contributed by atoms with Crippen molar-refractivity contribution >= 4 is 18.0 Å². The topological polar surface area (TPSA) is 109 Å². The molecule has 0 spiro atoms. The highest BCUT2D eigenvalue weighted by atomic mass is 16.5. The lowest BCUT2D eigenvalue weighted by Crippen LogP contribution is -2.35. The predicted molar refractivity (Wildman–Crippen MR) is 95.7 cm³/mol. The maximum Gasteiger partial charge on any atom is 0.259 e. The number of amides is 2. The lowest BCUT2D eigenvalue weighted by molar-refractivity contribution is -0.120. The maximum atomic E-state index is 12.1. The van der Waals surface area contributed by atoms with Gasteiger partial charge in [0.1, 0.15) is 5.75 Å². The fraction of sp³-hybridized carbons (Fsp3) is 0.167. The van der Waals surface area contributed by atoms with Crippen molar-refractivity contribution in [3.8, 4) is 17.2 Å². The van der Waals surface area contributed by atoms with Gasteiger partial charge in [0.2, 0.25) is 0 Å². The van der Waals surface area contributed by atoms with Crippen LogP contribution in [0.4, 0.5) is 0 Å². The molecule has 0 saturated carbocycles. The molecule has 0 bridgehead atoms. The molecular formula is C18H19N3O5. The fourth-order valence-electron chi connectivity index (χ4n) is 2.08. The summed E-state index contributed by atoms with van der Waals surface area (Å²) in [5, 5.41) is 15.8. The van der Waals surface area contributed by atoms with Gasteiger partial charge in [-0.2, -0.15) is 5.10 Å². The molecular weight excluding hydrogens is 338 g/mol. The number of aromatic hydroxyl groups is 1. The molecule has 0 atom stereocenters. The second-order valence-electron chi connectivity index (χ2n) is 5.11. The van der Waals surface area contributed by atoms with Crippen LogP contribution in [0.1, 0.15) is 15.9 Å². The van der Waals surface area contributed by atoms with E-state index in [-0.39, 0.29) is 12.3 Å². The number of nitrogens with zero attached hydrogens (tertiary/aromatic N) is 1. The molecule has 0 aliphatic carbocycles. The first-order valence-corrected chi connectivity index (χ1v) is 7.65. The first-order chi connectivity index (χ1) is 12.5. The molecule has 3 N–H and O–H groups in total. The van der Waals surface area contributed by atoms with Gasteiger partial charge in [-0.05, 0) is 35.9 Å². The maximum absolute atomic E-state index is 12.1. The van der Waals surface area contributed by atoms with Crippen molar-refractivity contribution in [2.45, 2.75) is 0 Å². The van der Waals surface area contributed by atoms with Crippen LogP contribution < -0.4 is 20.2 Å². The third kappa shape index (κ3) is 4.97. The average Bonchev–Trinajstić information content (AvgIpc) is 2.67.